The number of anilines is 1. The van der Waals surface area contributed by atoms with Gasteiger partial charge in [-0.1, -0.05) is 0 Å². The molecule has 0 saturated heterocycles. The summed E-state index contributed by atoms with van der Waals surface area (Å²) in [5.74, 6) is -0.292. The van der Waals surface area contributed by atoms with E-state index < -0.39 is 11.8 Å². The SMILES string of the molecule is CC(C)Oc1ccc(F)cc1NC(=O)NCCNC(=O)c1ccco1. The molecule has 0 radical (unpaired) electrons. The monoisotopic (exact) mass is 349 g/mol. The first kappa shape index (κ1) is 18.3. The normalized spacial score (nSPS) is 10.4. The zero-order valence-electron chi connectivity index (χ0n) is 14.0. The lowest BCUT2D eigenvalue weighted by molar-refractivity contribution is 0.0926. The van der Waals surface area contributed by atoms with Crippen LogP contribution in [0.4, 0.5) is 14.9 Å². The number of urea groups is 1. The molecule has 0 spiro atoms. The maximum absolute atomic E-state index is 13.4. The number of halogens is 1. The summed E-state index contributed by atoms with van der Waals surface area (Å²) in [6.07, 6.45) is 1.28. The molecule has 134 valence electrons. The summed E-state index contributed by atoms with van der Waals surface area (Å²) in [7, 11) is 0. The fourth-order valence-corrected chi connectivity index (χ4v) is 1.97. The van der Waals surface area contributed by atoms with Crippen LogP contribution in [0.25, 0.3) is 0 Å². The van der Waals surface area contributed by atoms with E-state index >= 15 is 0 Å². The van der Waals surface area contributed by atoms with E-state index in [4.69, 9.17) is 9.15 Å². The van der Waals surface area contributed by atoms with Gasteiger partial charge in [0.25, 0.3) is 5.91 Å². The van der Waals surface area contributed by atoms with Crippen molar-refractivity contribution in [1.82, 2.24) is 10.6 Å². The van der Waals surface area contributed by atoms with Crippen LogP contribution in [0.15, 0.2) is 41.0 Å². The maximum Gasteiger partial charge on any atom is 0.319 e. The molecule has 3 N–H and O–H groups in total. The Balaban J connectivity index is 1.80. The zero-order valence-corrected chi connectivity index (χ0v) is 14.0. The Morgan fingerprint density at radius 1 is 1.20 bits per heavy atom. The van der Waals surface area contributed by atoms with Gasteiger partial charge >= 0.3 is 6.03 Å². The molecule has 0 saturated carbocycles. The molecule has 0 bridgehead atoms. The van der Waals surface area contributed by atoms with E-state index in [1.54, 1.807) is 6.07 Å². The number of nitrogens with one attached hydrogen (secondary N) is 3. The summed E-state index contributed by atoms with van der Waals surface area (Å²) in [5, 5.41) is 7.68. The van der Waals surface area contributed by atoms with Gasteiger partial charge in [0, 0.05) is 19.2 Å². The lowest BCUT2D eigenvalue weighted by atomic mass is 10.2. The van der Waals surface area contributed by atoms with Crippen molar-refractivity contribution in [2.24, 2.45) is 0 Å². The van der Waals surface area contributed by atoms with Crippen molar-refractivity contribution in [3.63, 3.8) is 0 Å². The Kier molecular flexibility index (Phi) is 6.39. The fraction of sp³-hybridized carbons (Fsp3) is 0.294. The second-order valence-electron chi connectivity index (χ2n) is 5.42. The van der Waals surface area contributed by atoms with E-state index in [2.05, 4.69) is 16.0 Å². The van der Waals surface area contributed by atoms with Crippen molar-refractivity contribution in [3.8, 4) is 5.75 Å². The minimum absolute atomic E-state index is 0.120. The topological polar surface area (TPSA) is 92.6 Å². The van der Waals surface area contributed by atoms with E-state index in [0.29, 0.717) is 5.75 Å². The number of furan rings is 1. The van der Waals surface area contributed by atoms with Crippen LogP contribution in [-0.4, -0.2) is 31.1 Å². The van der Waals surface area contributed by atoms with Gasteiger partial charge in [-0.25, -0.2) is 9.18 Å². The summed E-state index contributed by atoms with van der Waals surface area (Å²) < 4.78 is 23.9. The summed E-state index contributed by atoms with van der Waals surface area (Å²) in [6, 6.07) is 6.49. The molecule has 8 heteroatoms. The molecule has 1 heterocycles. The molecule has 0 aliphatic rings. The van der Waals surface area contributed by atoms with Gasteiger partial charge in [0.2, 0.25) is 0 Å². The van der Waals surface area contributed by atoms with Gasteiger partial charge in [-0.05, 0) is 38.1 Å². The van der Waals surface area contributed by atoms with Crippen molar-refractivity contribution in [1.29, 1.82) is 0 Å². The first-order valence-electron chi connectivity index (χ1n) is 7.78. The number of benzene rings is 1. The first-order valence-corrected chi connectivity index (χ1v) is 7.78. The Hall–Kier alpha value is -3.03. The lowest BCUT2D eigenvalue weighted by Crippen LogP contribution is -2.36. The van der Waals surface area contributed by atoms with Crippen LogP contribution in [0.5, 0.6) is 5.75 Å². The molecular weight excluding hydrogens is 329 g/mol. The molecule has 0 aliphatic carbocycles. The number of carbonyl (C=O) groups excluding carboxylic acids is 2. The number of rotatable bonds is 7. The Labute approximate surface area is 144 Å². The molecule has 2 aromatic rings. The maximum atomic E-state index is 13.4. The van der Waals surface area contributed by atoms with Gasteiger partial charge < -0.3 is 25.1 Å². The van der Waals surface area contributed by atoms with Gasteiger partial charge in [0.1, 0.15) is 11.6 Å². The lowest BCUT2D eigenvalue weighted by Gasteiger charge is -2.15. The molecular formula is C17H20FN3O4. The smallest absolute Gasteiger partial charge is 0.319 e. The van der Waals surface area contributed by atoms with E-state index in [0.717, 1.165) is 0 Å². The fourth-order valence-electron chi connectivity index (χ4n) is 1.97. The second kappa shape index (κ2) is 8.72. The molecule has 3 amide bonds. The number of hydrogen-bond acceptors (Lipinski definition) is 4. The highest BCUT2D eigenvalue weighted by Gasteiger charge is 2.11. The minimum atomic E-state index is -0.536. The van der Waals surface area contributed by atoms with Crippen molar-refractivity contribution < 1.29 is 23.1 Å². The van der Waals surface area contributed by atoms with Gasteiger partial charge in [-0.3, -0.25) is 4.79 Å². The average molecular weight is 349 g/mol. The molecule has 1 aromatic heterocycles. The van der Waals surface area contributed by atoms with Crippen LogP contribution in [0.1, 0.15) is 24.4 Å². The molecule has 0 unspecified atom stereocenters. The largest absolute Gasteiger partial charge is 0.489 e. The summed E-state index contributed by atoms with van der Waals surface area (Å²) in [5.41, 5.74) is 0.228. The molecule has 7 nitrogen and oxygen atoms in total. The van der Waals surface area contributed by atoms with Crippen LogP contribution in [0.2, 0.25) is 0 Å². The van der Waals surface area contributed by atoms with Crippen molar-refractivity contribution in [2.75, 3.05) is 18.4 Å². The van der Waals surface area contributed by atoms with Gasteiger partial charge in [-0.2, -0.15) is 0 Å². The predicted molar refractivity (Wildman–Crippen MR) is 90.2 cm³/mol. The van der Waals surface area contributed by atoms with E-state index in [-0.39, 0.29) is 36.5 Å². The molecule has 0 aliphatic heterocycles. The summed E-state index contributed by atoms with van der Waals surface area (Å²) in [4.78, 5) is 23.5. The van der Waals surface area contributed by atoms with E-state index in [1.807, 2.05) is 13.8 Å². The first-order chi connectivity index (χ1) is 12.0. The van der Waals surface area contributed by atoms with Crippen molar-refractivity contribution in [3.05, 3.63) is 48.2 Å². The number of carbonyl (C=O) groups is 2. The van der Waals surface area contributed by atoms with Crippen LogP contribution < -0.4 is 20.7 Å². The Bertz CT molecular complexity index is 717. The van der Waals surface area contributed by atoms with Gasteiger partial charge in [0.15, 0.2) is 5.76 Å². The van der Waals surface area contributed by atoms with Crippen molar-refractivity contribution >= 4 is 17.6 Å². The number of ether oxygens (including phenoxy) is 1. The Morgan fingerprint density at radius 3 is 2.64 bits per heavy atom. The van der Waals surface area contributed by atoms with E-state index in [9.17, 15) is 14.0 Å². The second-order valence-corrected chi connectivity index (χ2v) is 5.42. The molecule has 25 heavy (non-hydrogen) atoms. The van der Waals surface area contributed by atoms with Gasteiger partial charge in [0.05, 0.1) is 18.1 Å². The molecule has 2 rings (SSSR count). The molecule has 1 aromatic carbocycles. The molecule has 0 atom stereocenters. The number of amides is 3. The standard InChI is InChI=1S/C17H20FN3O4/c1-11(2)25-14-6-5-12(18)10-13(14)21-17(23)20-8-7-19-16(22)15-4-3-9-24-15/h3-6,9-11H,7-8H2,1-2H3,(H,19,22)(H2,20,21,23). The highest BCUT2D eigenvalue weighted by molar-refractivity contribution is 5.92. The summed E-state index contributed by atoms with van der Waals surface area (Å²) in [6.45, 7) is 4.06. The predicted octanol–water partition coefficient (Wildman–Crippen LogP) is 2.76. The van der Waals surface area contributed by atoms with Crippen LogP contribution in [0, 0.1) is 5.82 Å². The van der Waals surface area contributed by atoms with E-state index in [1.165, 1.54) is 30.5 Å². The van der Waals surface area contributed by atoms with Crippen LogP contribution >= 0.6 is 0 Å². The third-order valence-corrected chi connectivity index (χ3v) is 2.99. The Morgan fingerprint density at radius 2 is 1.96 bits per heavy atom. The third-order valence-electron chi connectivity index (χ3n) is 2.99. The quantitative estimate of drug-likeness (QED) is 0.670. The molecule has 0 fully saturated rings. The van der Waals surface area contributed by atoms with Crippen LogP contribution in [-0.2, 0) is 0 Å². The minimum Gasteiger partial charge on any atom is -0.489 e. The highest BCUT2D eigenvalue weighted by atomic mass is 19.1. The van der Waals surface area contributed by atoms with Crippen LogP contribution in [0.3, 0.4) is 0 Å². The highest BCUT2D eigenvalue weighted by Crippen LogP contribution is 2.26. The number of hydrogen-bond donors (Lipinski definition) is 3. The third kappa shape index (κ3) is 5.83. The van der Waals surface area contributed by atoms with Crippen molar-refractivity contribution in [2.45, 2.75) is 20.0 Å². The van der Waals surface area contributed by atoms with Gasteiger partial charge in [-0.15, -0.1) is 0 Å². The zero-order chi connectivity index (χ0) is 18.2. The average Bonchev–Trinajstić information content (AvgIpc) is 3.08. The summed E-state index contributed by atoms with van der Waals surface area (Å²) >= 11 is 0.